The van der Waals surface area contributed by atoms with Crippen molar-refractivity contribution in [2.75, 3.05) is 0 Å². The topological polar surface area (TPSA) is 29.5 Å². The molecule has 0 aromatic heterocycles. The van der Waals surface area contributed by atoms with E-state index in [1.807, 2.05) is 25.1 Å². The van der Waals surface area contributed by atoms with Gasteiger partial charge in [-0.3, -0.25) is 0 Å². The molecule has 0 amide bonds. The van der Waals surface area contributed by atoms with Crippen LogP contribution in [0.4, 0.5) is 4.39 Å². The van der Waals surface area contributed by atoms with E-state index in [9.17, 15) is 9.50 Å². The number of ether oxygens (including phenoxy) is 1. The van der Waals surface area contributed by atoms with Crippen LogP contribution >= 0.6 is 15.9 Å². The summed E-state index contributed by atoms with van der Waals surface area (Å²) in [4.78, 5) is 0. The highest BCUT2D eigenvalue weighted by Gasteiger charge is 2.11. The highest BCUT2D eigenvalue weighted by molar-refractivity contribution is 9.10. The minimum absolute atomic E-state index is 0.127. The third-order valence-corrected chi connectivity index (χ3v) is 3.51. The molecule has 0 spiro atoms. The van der Waals surface area contributed by atoms with Gasteiger partial charge in [0.05, 0.1) is 6.10 Å². The first-order valence-corrected chi connectivity index (χ1v) is 7.12. The van der Waals surface area contributed by atoms with E-state index in [0.29, 0.717) is 21.3 Å². The van der Waals surface area contributed by atoms with Gasteiger partial charge in [-0.25, -0.2) is 4.39 Å². The van der Waals surface area contributed by atoms with Crippen LogP contribution in [-0.2, 0) is 6.61 Å². The summed E-state index contributed by atoms with van der Waals surface area (Å²) in [6, 6.07) is 10.4. The van der Waals surface area contributed by atoms with Gasteiger partial charge >= 0.3 is 0 Å². The number of benzene rings is 2. The molecule has 2 aromatic carbocycles. The van der Waals surface area contributed by atoms with Gasteiger partial charge in [-0.15, -0.1) is 0 Å². The number of halogens is 2. The summed E-state index contributed by atoms with van der Waals surface area (Å²) in [5, 5.41) is 9.72. The zero-order valence-electron chi connectivity index (χ0n) is 11.4. The fourth-order valence-corrected chi connectivity index (χ4v) is 2.24. The van der Waals surface area contributed by atoms with Gasteiger partial charge in [-0.05, 0) is 37.6 Å². The largest absolute Gasteiger partial charge is 0.488 e. The van der Waals surface area contributed by atoms with Gasteiger partial charge in [0.15, 0.2) is 0 Å². The van der Waals surface area contributed by atoms with Crippen LogP contribution in [0.5, 0.6) is 5.75 Å². The fraction of sp³-hybridized carbons (Fsp3) is 0.250. The summed E-state index contributed by atoms with van der Waals surface area (Å²) in [6.07, 6.45) is -0.625. The van der Waals surface area contributed by atoms with E-state index in [4.69, 9.17) is 4.74 Å². The molecule has 106 valence electrons. The number of rotatable bonds is 4. The Hall–Kier alpha value is -1.39. The molecule has 20 heavy (non-hydrogen) atoms. The Morgan fingerprint density at radius 1 is 1.25 bits per heavy atom. The molecule has 0 saturated heterocycles. The molecular formula is C16H16BrFO2. The van der Waals surface area contributed by atoms with Gasteiger partial charge in [0.25, 0.3) is 0 Å². The van der Waals surface area contributed by atoms with Crippen molar-refractivity contribution in [2.45, 2.75) is 26.6 Å². The van der Waals surface area contributed by atoms with Crippen LogP contribution in [0.3, 0.4) is 0 Å². The van der Waals surface area contributed by atoms with Gasteiger partial charge < -0.3 is 9.84 Å². The van der Waals surface area contributed by atoms with E-state index in [1.54, 1.807) is 19.1 Å². The van der Waals surface area contributed by atoms with Gasteiger partial charge in [0, 0.05) is 15.6 Å². The first kappa shape index (κ1) is 15.0. The SMILES string of the molecule is Cc1ccc([C@@H](C)O)c(OCc2ccc(Br)cc2F)c1. The summed E-state index contributed by atoms with van der Waals surface area (Å²) in [6.45, 7) is 3.75. The molecule has 0 radical (unpaired) electrons. The molecule has 1 N–H and O–H groups in total. The highest BCUT2D eigenvalue weighted by Crippen LogP contribution is 2.27. The number of hydrogen-bond acceptors (Lipinski definition) is 2. The molecule has 2 aromatic rings. The van der Waals surface area contributed by atoms with Crippen LogP contribution in [0.15, 0.2) is 40.9 Å². The second-order valence-electron chi connectivity index (χ2n) is 4.74. The quantitative estimate of drug-likeness (QED) is 0.887. The lowest BCUT2D eigenvalue weighted by atomic mass is 10.1. The minimum Gasteiger partial charge on any atom is -0.488 e. The maximum Gasteiger partial charge on any atom is 0.130 e. The van der Waals surface area contributed by atoms with Crippen molar-refractivity contribution in [2.24, 2.45) is 0 Å². The van der Waals surface area contributed by atoms with Crippen LogP contribution in [0, 0.1) is 12.7 Å². The smallest absolute Gasteiger partial charge is 0.130 e. The summed E-state index contributed by atoms with van der Waals surface area (Å²) in [7, 11) is 0. The number of aliphatic hydroxyl groups excluding tert-OH is 1. The predicted molar refractivity (Wildman–Crippen MR) is 80.2 cm³/mol. The van der Waals surface area contributed by atoms with Gasteiger partial charge in [-0.1, -0.05) is 34.1 Å². The van der Waals surface area contributed by atoms with Crippen LogP contribution in [0.1, 0.15) is 29.7 Å². The Balaban J connectivity index is 2.20. The van der Waals surface area contributed by atoms with E-state index in [-0.39, 0.29) is 12.4 Å². The lowest BCUT2D eigenvalue weighted by Gasteiger charge is -2.14. The lowest BCUT2D eigenvalue weighted by molar-refractivity contribution is 0.190. The normalized spacial score (nSPS) is 12.2. The minimum atomic E-state index is -0.625. The van der Waals surface area contributed by atoms with E-state index >= 15 is 0 Å². The molecule has 0 heterocycles. The van der Waals surface area contributed by atoms with Crippen LogP contribution in [0.2, 0.25) is 0 Å². The lowest BCUT2D eigenvalue weighted by Crippen LogP contribution is -2.03. The third kappa shape index (κ3) is 3.58. The Bertz CT molecular complexity index is 611. The van der Waals surface area contributed by atoms with E-state index in [2.05, 4.69) is 15.9 Å². The van der Waals surface area contributed by atoms with E-state index < -0.39 is 6.10 Å². The van der Waals surface area contributed by atoms with Crippen molar-refractivity contribution in [3.63, 3.8) is 0 Å². The Labute approximate surface area is 126 Å². The van der Waals surface area contributed by atoms with E-state index in [0.717, 1.165) is 5.56 Å². The van der Waals surface area contributed by atoms with Gasteiger partial charge in [-0.2, -0.15) is 0 Å². The summed E-state index contributed by atoms with van der Waals surface area (Å²) in [5.41, 5.74) is 2.21. The zero-order valence-corrected chi connectivity index (χ0v) is 12.9. The molecule has 0 saturated carbocycles. The van der Waals surface area contributed by atoms with Crippen molar-refractivity contribution in [1.29, 1.82) is 0 Å². The Kier molecular flexibility index (Phi) is 4.78. The average molecular weight is 339 g/mol. The van der Waals surface area contributed by atoms with Gasteiger partial charge in [0.1, 0.15) is 18.2 Å². The molecule has 1 atom stereocenters. The molecule has 2 nitrogen and oxygen atoms in total. The molecule has 0 unspecified atom stereocenters. The Morgan fingerprint density at radius 3 is 2.65 bits per heavy atom. The van der Waals surface area contributed by atoms with Gasteiger partial charge in [0.2, 0.25) is 0 Å². The Morgan fingerprint density at radius 2 is 2.00 bits per heavy atom. The molecule has 0 aliphatic heterocycles. The van der Waals surface area contributed by atoms with Crippen LogP contribution in [0.25, 0.3) is 0 Å². The summed E-state index contributed by atoms with van der Waals surface area (Å²) < 4.78 is 20.1. The average Bonchev–Trinajstić information content (AvgIpc) is 2.37. The fourth-order valence-electron chi connectivity index (χ4n) is 1.91. The van der Waals surface area contributed by atoms with Crippen molar-refractivity contribution in [3.8, 4) is 5.75 Å². The second-order valence-corrected chi connectivity index (χ2v) is 5.66. The molecule has 0 aliphatic carbocycles. The molecule has 0 aliphatic rings. The molecular weight excluding hydrogens is 323 g/mol. The highest BCUT2D eigenvalue weighted by atomic mass is 79.9. The summed E-state index contributed by atoms with van der Waals surface area (Å²) >= 11 is 3.22. The predicted octanol–water partition coefficient (Wildman–Crippen LogP) is 4.53. The molecule has 4 heteroatoms. The van der Waals surface area contributed by atoms with Crippen molar-refractivity contribution < 1.29 is 14.2 Å². The van der Waals surface area contributed by atoms with Crippen molar-refractivity contribution in [3.05, 3.63) is 63.4 Å². The zero-order chi connectivity index (χ0) is 14.7. The van der Waals surface area contributed by atoms with Crippen LogP contribution < -0.4 is 4.74 Å². The van der Waals surface area contributed by atoms with E-state index in [1.165, 1.54) is 6.07 Å². The first-order valence-electron chi connectivity index (χ1n) is 6.32. The number of aryl methyl sites for hydroxylation is 1. The first-order chi connectivity index (χ1) is 9.47. The molecule has 0 fully saturated rings. The number of hydrogen-bond donors (Lipinski definition) is 1. The molecule has 0 bridgehead atoms. The van der Waals surface area contributed by atoms with Crippen molar-refractivity contribution >= 4 is 15.9 Å². The third-order valence-electron chi connectivity index (χ3n) is 3.02. The number of aliphatic hydroxyl groups is 1. The maximum absolute atomic E-state index is 13.7. The monoisotopic (exact) mass is 338 g/mol. The standard InChI is InChI=1S/C16H16BrFO2/c1-10-3-6-14(11(2)19)16(7-10)20-9-12-4-5-13(17)8-15(12)18/h3-8,11,19H,9H2,1-2H3/t11-/m1/s1. The second kappa shape index (κ2) is 6.37. The van der Waals surface area contributed by atoms with Crippen molar-refractivity contribution in [1.82, 2.24) is 0 Å². The summed E-state index contributed by atoms with van der Waals surface area (Å²) in [5.74, 6) is 0.271. The molecule has 2 rings (SSSR count). The van der Waals surface area contributed by atoms with Crippen LogP contribution in [-0.4, -0.2) is 5.11 Å². The maximum atomic E-state index is 13.7.